The number of benzene rings is 1. The summed E-state index contributed by atoms with van der Waals surface area (Å²) in [5.74, 6) is 0. The molecule has 3 nitrogen and oxygen atoms in total. The maximum atomic E-state index is 9.60. The molecule has 1 aromatic carbocycles. The Hall–Kier alpha value is -1.06. The molecule has 1 fully saturated rings. The van der Waals surface area contributed by atoms with E-state index >= 15 is 0 Å². The standard InChI is InChI=1S/C13H20N2O/c1-15(2)12-5-3-11(4-6-12)13(10-16)7-8-14-9-13/h3-6,14,16H,7-10H2,1-2H3. The van der Waals surface area contributed by atoms with Crippen molar-refractivity contribution in [3.05, 3.63) is 29.8 Å². The van der Waals surface area contributed by atoms with E-state index in [1.165, 1.54) is 11.3 Å². The third-order valence-corrected chi connectivity index (χ3v) is 3.54. The number of rotatable bonds is 3. The van der Waals surface area contributed by atoms with E-state index in [0.717, 1.165) is 19.5 Å². The van der Waals surface area contributed by atoms with Crippen LogP contribution in [0.3, 0.4) is 0 Å². The molecule has 0 bridgehead atoms. The number of hydrogen-bond donors (Lipinski definition) is 2. The average Bonchev–Trinajstić information content (AvgIpc) is 2.79. The van der Waals surface area contributed by atoms with Crippen molar-refractivity contribution in [2.75, 3.05) is 38.7 Å². The van der Waals surface area contributed by atoms with Crippen LogP contribution in [0.25, 0.3) is 0 Å². The third-order valence-electron chi connectivity index (χ3n) is 3.54. The summed E-state index contributed by atoms with van der Waals surface area (Å²) in [5.41, 5.74) is 2.37. The molecular weight excluding hydrogens is 200 g/mol. The number of aliphatic hydroxyl groups is 1. The molecule has 3 heteroatoms. The van der Waals surface area contributed by atoms with E-state index in [-0.39, 0.29) is 12.0 Å². The van der Waals surface area contributed by atoms with Gasteiger partial charge in [0.25, 0.3) is 0 Å². The first-order chi connectivity index (χ1) is 7.68. The Labute approximate surface area is 97.1 Å². The highest BCUT2D eigenvalue weighted by Gasteiger charge is 2.34. The zero-order valence-corrected chi connectivity index (χ0v) is 10.0. The van der Waals surface area contributed by atoms with Gasteiger partial charge in [-0.25, -0.2) is 0 Å². The topological polar surface area (TPSA) is 35.5 Å². The number of hydrogen-bond acceptors (Lipinski definition) is 3. The zero-order valence-electron chi connectivity index (χ0n) is 10.0. The lowest BCUT2D eigenvalue weighted by Gasteiger charge is -2.26. The molecule has 0 aromatic heterocycles. The van der Waals surface area contributed by atoms with Crippen molar-refractivity contribution in [3.8, 4) is 0 Å². The van der Waals surface area contributed by atoms with E-state index in [2.05, 4.69) is 34.5 Å². The van der Waals surface area contributed by atoms with E-state index in [1.54, 1.807) is 0 Å². The Balaban J connectivity index is 2.26. The number of anilines is 1. The number of aliphatic hydroxyl groups excluding tert-OH is 1. The van der Waals surface area contributed by atoms with Gasteiger partial charge in [-0.05, 0) is 30.7 Å². The molecule has 1 aliphatic heterocycles. The Bertz CT molecular complexity index is 339. The van der Waals surface area contributed by atoms with Gasteiger partial charge in [0, 0.05) is 31.7 Å². The molecule has 1 aliphatic rings. The molecule has 2 rings (SSSR count). The Kier molecular flexibility index (Phi) is 3.17. The fourth-order valence-corrected chi connectivity index (χ4v) is 2.33. The Morgan fingerprint density at radius 3 is 2.44 bits per heavy atom. The van der Waals surface area contributed by atoms with E-state index in [1.807, 2.05) is 14.1 Å². The second-order valence-corrected chi connectivity index (χ2v) is 4.81. The molecule has 0 saturated carbocycles. The summed E-state index contributed by atoms with van der Waals surface area (Å²) in [6.45, 7) is 2.10. The quantitative estimate of drug-likeness (QED) is 0.797. The summed E-state index contributed by atoms with van der Waals surface area (Å²) in [6, 6.07) is 8.51. The molecule has 16 heavy (non-hydrogen) atoms. The van der Waals surface area contributed by atoms with Gasteiger partial charge in [0.2, 0.25) is 0 Å². The van der Waals surface area contributed by atoms with Crippen LogP contribution in [0.2, 0.25) is 0 Å². The summed E-state index contributed by atoms with van der Waals surface area (Å²) in [6.07, 6.45) is 1.02. The fraction of sp³-hybridized carbons (Fsp3) is 0.538. The van der Waals surface area contributed by atoms with Gasteiger partial charge < -0.3 is 15.3 Å². The van der Waals surface area contributed by atoms with Crippen molar-refractivity contribution in [3.63, 3.8) is 0 Å². The number of nitrogens with one attached hydrogen (secondary N) is 1. The summed E-state index contributed by atoms with van der Waals surface area (Å²) < 4.78 is 0. The van der Waals surface area contributed by atoms with Crippen molar-refractivity contribution in [2.24, 2.45) is 0 Å². The number of nitrogens with zero attached hydrogens (tertiary/aromatic N) is 1. The second-order valence-electron chi connectivity index (χ2n) is 4.81. The van der Waals surface area contributed by atoms with Crippen LogP contribution in [-0.4, -0.2) is 38.9 Å². The smallest absolute Gasteiger partial charge is 0.0540 e. The molecule has 1 atom stereocenters. The second kappa shape index (κ2) is 4.44. The fourth-order valence-electron chi connectivity index (χ4n) is 2.33. The van der Waals surface area contributed by atoms with E-state index in [9.17, 15) is 5.11 Å². The lowest BCUT2D eigenvalue weighted by Crippen LogP contribution is -2.33. The highest BCUT2D eigenvalue weighted by molar-refractivity contribution is 5.47. The molecule has 0 spiro atoms. The van der Waals surface area contributed by atoms with E-state index in [4.69, 9.17) is 0 Å². The van der Waals surface area contributed by atoms with Crippen LogP contribution in [0.5, 0.6) is 0 Å². The van der Waals surface area contributed by atoms with Crippen LogP contribution in [0.4, 0.5) is 5.69 Å². The molecule has 0 radical (unpaired) electrons. The summed E-state index contributed by atoms with van der Waals surface area (Å²) in [4.78, 5) is 2.09. The van der Waals surface area contributed by atoms with Crippen molar-refractivity contribution < 1.29 is 5.11 Å². The molecule has 0 aliphatic carbocycles. The zero-order chi connectivity index (χ0) is 11.6. The van der Waals surface area contributed by atoms with Gasteiger partial charge in [0.15, 0.2) is 0 Å². The molecular formula is C13H20N2O. The SMILES string of the molecule is CN(C)c1ccc(C2(CO)CCNC2)cc1. The van der Waals surface area contributed by atoms with Crippen LogP contribution in [0.1, 0.15) is 12.0 Å². The van der Waals surface area contributed by atoms with Gasteiger partial charge >= 0.3 is 0 Å². The van der Waals surface area contributed by atoms with Gasteiger partial charge in [-0.2, -0.15) is 0 Å². The van der Waals surface area contributed by atoms with E-state index < -0.39 is 0 Å². The first kappa shape index (κ1) is 11.4. The maximum Gasteiger partial charge on any atom is 0.0540 e. The van der Waals surface area contributed by atoms with Crippen molar-refractivity contribution in [1.29, 1.82) is 0 Å². The van der Waals surface area contributed by atoms with Gasteiger partial charge in [-0.3, -0.25) is 0 Å². The normalized spacial score (nSPS) is 24.7. The minimum Gasteiger partial charge on any atom is -0.395 e. The highest BCUT2D eigenvalue weighted by Crippen LogP contribution is 2.31. The van der Waals surface area contributed by atoms with Gasteiger partial charge in [0.1, 0.15) is 0 Å². The van der Waals surface area contributed by atoms with Gasteiger partial charge in [-0.15, -0.1) is 0 Å². The molecule has 88 valence electrons. The minimum absolute atomic E-state index is 0.0646. The van der Waals surface area contributed by atoms with Crippen LogP contribution in [0, 0.1) is 0 Å². The van der Waals surface area contributed by atoms with Crippen LogP contribution in [0.15, 0.2) is 24.3 Å². The highest BCUT2D eigenvalue weighted by atomic mass is 16.3. The van der Waals surface area contributed by atoms with Crippen LogP contribution >= 0.6 is 0 Å². The first-order valence-electron chi connectivity index (χ1n) is 5.77. The van der Waals surface area contributed by atoms with Crippen molar-refractivity contribution >= 4 is 5.69 Å². The first-order valence-corrected chi connectivity index (χ1v) is 5.77. The molecule has 1 saturated heterocycles. The molecule has 1 heterocycles. The lowest BCUT2D eigenvalue weighted by molar-refractivity contribution is 0.205. The summed E-state index contributed by atoms with van der Waals surface area (Å²) in [7, 11) is 4.07. The third kappa shape index (κ3) is 1.93. The van der Waals surface area contributed by atoms with Gasteiger partial charge in [0.05, 0.1) is 6.61 Å². The van der Waals surface area contributed by atoms with Crippen molar-refractivity contribution in [1.82, 2.24) is 5.32 Å². The van der Waals surface area contributed by atoms with E-state index in [0.29, 0.717) is 0 Å². The molecule has 0 amide bonds. The van der Waals surface area contributed by atoms with Crippen molar-refractivity contribution in [2.45, 2.75) is 11.8 Å². The monoisotopic (exact) mass is 220 g/mol. The van der Waals surface area contributed by atoms with Crippen LogP contribution in [-0.2, 0) is 5.41 Å². The van der Waals surface area contributed by atoms with Crippen LogP contribution < -0.4 is 10.2 Å². The summed E-state index contributed by atoms with van der Waals surface area (Å²) in [5, 5.41) is 12.9. The average molecular weight is 220 g/mol. The Morgan fingerprint density at radius 2 is 2.00 bits per heavy atom. The predicted octanol–water partition coefficient (Wildman–Crippen LogP) is 0.976. The largest absolute Gasteiger partial charge is 0.395 e. The minimum atomic E-state index is -0.0646. The molecule has 1 unspecified atom stereocenters. The Morgan fingerprint density at radius 1 is 1.31 bits per heavy atom. The van der Waals surface area contributed by atoms with Gasteiger partial charge in [-0.1, -0.05) is 12.1 Å². The molecule has 2 N–H and O–H groups in total. The summed E-state index contributed by atoms with van der Waals surface area (Å²) >= 11 is 0. The molecule has 1 aromatic rings. The lowest BCUT2D eigenvalue weighted by atomic mass is 9.80. The predicted molar refractivity (Wildman–Crippen MR) is 67.0 cm³/mol. The maximum absolute atomic E-state index is 9.60.